The minimum atomic E-state index is -3.01. The lowest BCUT2D eigenvalue weighted by atomic mass is 10.2. The fourth-order valence-corrected chi connectivity index (χ4v) is 5.37. The van der Waals surface area contributed by atoms with Gasteiger partial charge in [-0.25, -0.2) is 18.4 Å². The van der Waals surface area contributed by atoms with E-state index in [4.69, 9.17) is 0 Å². The molecule has 1 unspecified atom stereocenters. The zero-order chi connectivity index (χ0) is 19.6. The number of sulfone groups is 1. The van der Waals surface area contributed by atoms with Crippen LogP contribution in [-0.2, 0) is 14.6 Å². The summed E-state index contributed by atoms with van der Waals surface area (Å²) in [4.78, 5) is 37.9. The summed E-state index contributed by atoms with van der Waals surface area (Å²) in [6.07, 6.45) is 1.91. The minimum absolute atomic E-state index is 0.0107. The molecule has 0 spiro atoms. The molecule has 2 aliphatic heterocycles. The Bertz CT molecular complexity index is 820. The third kappa shape index (κ3) is 4.37. The molecule has 2 fully saturated rings. The summed E-state index contributed by atoms with van der Waals surface area (Å²) in [5, 5.41) is 0. The molecule has 0 saturated carbocycles. The normalized spacial score (nSPS) is 21.9. The van der Waals surface area contributed by atoms with Gasteiger partial charge in [-0.2, -0.15) is 0 Å². The second-order valence-corrected chi connectivity index (χ2v) is 9.13. The van der Waals surface area contributed by atoms with Crippen LogP contribution in [0, 0.1) is 0 Å². The van der Waals surface area contributed by atoms with Gasteiger partial charge in [0.05, 0.1) is 11.5 Å². The smallest absolute Gasteiger partial charge is 0.272 e. The van der Waals surface area contributed by atoms with Crippen molar-refractivity contribution in [3.8, 4) is 0 Å². The third-order valence-corrected chi connectivity index (χ3v) is 6.92. The number of rotatable bonds is 4. The van der Waals surface area contributed by atoms with E-state index in [0.717, 1.165) is 0 Å². The molecule has 2 aliphatic rings. The van der Waals surface area contributed by atoms with E-state index in [2.05, 4.69) is 9.97 Å². The van der Waals surface area contributed by atoms with Gasteiger partial charge in [-0.05, 0) is 13.3 Å². The number of hydrogen-bond acceptors (Lipinski definition) is 7. The largest absolute Gasteiger partial charge is 0.353 e. The summed E-state index contributed by atoms with van der Waals surface area (Å²) in [5.74, 6) is 0.681. The summed E-state index contributed by atoms with van der Waals surface area (Å²) >= 11 is 0. The van der Waals surface area contributed by atoms with Gasteiger partial charge in [0.25, 0.3) is 5.91 Å². The molecule has 10 heteroatoms. The van der Waals surface area contributed by atoms with Crippen molar-refractivity contribution in [3.63, 3.8) is 0 Å². The summed E-state index contributed by atoms with van der Waals surface area (Å²) in [5.41, 5.74) is 0.288. The molecule has 0 aliphatic carbocycles. The topological polar surface area (TPSA) is 104 Å². The minimum Gasteiger partial charge on any atom is -0.353 e. The molecule has 3 rings (SSSR count). The van der Waals surface area contributed by atoms with E-state index in [-0.39, 0.29) is 35.1 Å². The molecule has 0 aromatic carbocycles. The second kappa shape index (κ2) is 7.79. The van der Waals surface area contributed by atoms with Gasteiger partial charge in [0.15, 0.2) is 9.84 Å². The van der Waals surface area contributed by atoms with Crippen LogP contribution in [0.1, 0.15) is 30.8 Å². The fourth-order valence-electron chi connectivity index (χ4n) is 3.64. The second-order valence-electron chi connectivity index (χ2n) is 6.90. The fraction of sp³-hybridized carbons (Fsp3) is 0.647. The van der Waals surface area contributed by atoms with Gasteiger partial charge in [0.2, 0.25) is 5.91 Å². The maximum atomic E-state index is 12.8. The molecular formula is C17H25N5O4S. The van der Waals surface area contributed by atoms with E-state index in [1.807, 2.05) is 11.8 Å². The van der Waals surface area contributed by atoms with E-state index < -0.39 is 9.84 Å². The molecule has 2 amide bonds. The summed E-state index contributed by atoms with van der Waals surface area (Å²) in [6.45, 7) is 6.03. The van der Waals surface area contributed by atoms with E-state index in [1.54, 1.807) is 15.9 Å². The van der Waals surface area contributed by atoms with E-state index in [1.165, 1.54) is 13.3 Å². The Morgan fingerprint density at radius 2 is 1.85 bits per heavy atom. The van der Waals surface area contributed by atoms with Crippen LogP contribution in [0.3, 0.4) is 0 Å². The molecule has 1 aromatic heterocycles. The van der Waals surface area contributed by atoms with Gasteiger partial charge < -0.3 is 14.7 Å². The van der Waals surface area contributed by atoms with Crippen molar-refractivity contribution in [2.24, 2.45) is 0 Å². The lowest BCUT2D eigenvalue weighted by Crippen LogP contribution is -2.50. The first kappa shape index (κ1) is 19.5. The van der Waals surface area contributed by atoms with Crippen LogP contribution in [-0.4, -0.2) is 90.3 Å². The average molecular weight is 395 g/mol. The molecule has 0 bridgehead atoms. The Hall–Kier alpha value is -2.23. The van der Waals surface area contributed by atoms with Crippen LogP contribution in [0.4, 0.5) is 5.82 Å². The van der Waals surface area contributed by atoms with Crippen molar-refractivity contribution < 1.29 is 18.0 Å². The van der Waals surface area contributed by atoms with Crippen molar-refractivity contribution in [2.45, 2.75) is 26.3 Å². The Morgan fingerprint density at radius 1 is 1.19 bits per heavy atom. The first-order chi connectivity index (χ1) is 12.8. The highest BCUT2D eigenvalue weighted by Gasteiger charge is 2.33. The zero-order valence-corrected chi connectivity index (χ0v) is 16.5. The quantitative estimate of drug-likeness (QED) is 0.695. The van der Waals surface area contributed by atoms with E-state index >= 15 is 0 Å². The lowest BCUT2D eigenvalue weighted by Gasteiger charge is -2.34. The molecule has 9 nitrogen and oxygen atoms in total. The van der Waals surface area contributed by atoms with Crippen LogP contribution in [0.15, 0.2) is 12.4 Å². The Balaban J connectivity index is 1.73. The lowest BCUT2D eigenvalue weighted by molar-refractivity contribution is -0.130. The number of amides is 2. The maximum Gasteiger partial charge on any atom is 0.272 e. The third-order valence-electron chi connectivity index (χ3n) is 5.17. The number of carbonyl (C=O) groups is 2. The molecule has 1 atom stereocenters. The number of nitrogens with zero attached hydrogens (tertiary/aromatic N) is 5. The van der Waals surface area contributed by atoms with Crippen molar-refractivity contribution in [1.29, 1.82) is 0 Å². The van der Waals surface area contributed by atoms with Crippen LogP contribution >= 0.6 is 0 Å². The van der Waals surface area contributed by atoms with Crippen molar-refractivity contribution >= 4 is 27.5 Å². The van der Waals surface area contributed by atoms with E-state index in [9.17, 15) is 18.0 Å². The van der Waals surface area contributed by atoms with Crippen LogP contribution in [0.2, 0.25) is 0 Å². The van der Waals surface area contributed by atoms with Gasteiger partial charge in [0, 0.05) is 51.8 Å². The number of anilines is 1. The van der Waals surface area contributed by atoms with Gasteiger partial charge >= 0.3 is 0 Å². The Kier molecular flexibility index (Phi) is 5.64. The first-order valence-electron chi connectivity index (χ1n) is 9.14. The van der Waals surface area contributed by atoms with Crippen molar-refractivity contribution in [1.82, 2.24) is 19.8 Å². The summed E-state index contributed by atoms with van der Waals surface area (Å²) < 4.78 is 23.6. The molecule has 27 heavy (non-hydrogen) atoms. The van der Waals surface area contributed by atoms with Crippen molar-refractivity contribution in [3.05, 3.63) is 18.1 Å². The molecule has 2 saturated heterocycles. The summed E-state index contributed by atoms with van der Waals surface area (Å²) in [6, 6.07) is 1.51. The van der Waals surface area contributed by atoms with Gasteiger partial charge in [-0.3, -0.25) is 9.59 Å². The maximum absolute atomic E-state index is 12.8. The number of carbonyl (C=O) groups excluding carboxylic acids is 2. The van der Waals surface area contributed by atoms with Gasteiger partial charge in [-0.15, -0.1) is 0 Å². The molecular weight excluding hydrogens is 370 g/mol. The zero-order valence-electron chi connectivity index (χ0n) is 15.7. The van der Waals surface area contributed by atoms with Crippen LogP contribution in [0.25, 0.3) is 0 Å². The molecule has 148 valence electrons. The predicted octanol–water partition coefficient (Wildman–Crippen LogP) is -0.206. The monoisotopic (exact) mass is 395 g/mol. The SMILES string of the molecule is CCN(c1cc(C(=O)N2CCN(C(C)=O)CC2)ncn1)C1CCS(=O)(=O)C1. The highest BCUT2D eigenvalue weighted by atomic mass is 32.2. The van der Waals surface area contributed by atoms with E-state index in [0.29, 0.717) is 45.0 Å². The summed E-state index contributed by atoms with van der Waals surface area (Å²) in [7, 11) is -3.01. The molecule has 0 N–H and O–H groups in total. The van der Waals surface area contributed by atoms with Gasteiger partial charge in [-0.1, -0.05) is 0 Å². The number of aromatic nitrogens is 2. The molecule has 0 radical (unpaired) electrons. The predicted molar refractivity (Wildman–Crippen MR) is 100 cm³/mol. The average Bonchev–Trinajstić information content (AvgIpc) is 3.01. The van der Waals surface area contributed by atoms with Crippen LogP contribution < -0.4 is 4.90 Å². The van der Waals surface area contributed by atoms with Crippen molar-refractivity contribution in [2.75, 3.05) is 49.1 Å². The first-order valence-corrected chi connectivity index (χ1v) is 11.0. The Labute approximate surface area is 159 Å². The number of hydrogen-bond donors (Lipinski definition) is 0. The number of piperazine rings is 1. The molecule has 3 heterocycles. The highest BCUT2D eigenvalue weighted by Crippen LogP contribution is 2.23. The van der Waals surface area contributed by atoms with Gasteiger partial charge in [0.1, 0.15) is 17.8 Å². The molecule has 1 aromatic rings. The van der Waals surface area contributed by atoms with Crippen LogP contribution in [0.5, 0.6) is 0 Å². The standard InChI is InChI=1S/C17H25N5O4S/c1-3-22(14-4-9-27(25,26)11-14)16-10-15(18-12-19-16)17(24)21-7-5-20(6-8-21)13(2)23/h10,12,14H,3-9,11H2,1-2H3. The highest BCUT2D eigenvalue weighted by molar-refractivity contribution is 7.91. The Morgan fingerprint density at radius 3 is 2.41 bits per heavy atom.